The second-order valence-electron chi connectivity index (χ2n) is 5.53. The summed E-state index contributed by atoms with van der Waals surface area (Å²) >= 11 is 7.35. The summed E-state index contributed by atoms with van der Waals surface area (Å²) in [5.74, 6) is -0.202. The first-order valence-electron chi connectivity index (χ1n) is 7.98. The van der Waals surface area contributed by atoms with Crippen molar-refractivity contribution in [3.05, 3.63) is 75.8 Å². The van der Waals surface area contributed by atoms with E-state index in [-0.39, 0.29) is 5.91 Å². The van der Waals surface area contributed by atoms with Crippen molar-refractivity contribution < 1.29 is 4.79 Å². The molecule has 2 aromatic carbocycles. The van der Waals surface area contributed by atoms with Gasteiger partial charge in [-0.1, -0.05) is 42.8 Å². The highest BCUT2D eigenvalue weighted by Gasteiger charge is 2.11. The predicted molar refractivity (Wildman–Crippen MR) is 104 cm³/mol. The van der Waals surface area contributed by atoms with Crippen LogP contribution in [0, 0.1) is 0 Å². The first kappa shape index (κ1) is 17.5. The third-order valence-electron chi connectivity index (χ3n) is 3.67. The van der Waals surface area contributed by atoms with Crippen molar-refractivity contribution in [1.29, 1.82) is 0 Å². The molecule has 0 radical (unpaired) electrons. The van der Waals surface area contributed by atoms with E-state index in [0.29, 0.717) is 22.4 Å². The molecule has 0 unspecified atom stereocenters. The van der Waals surface area contributed by atoms with Crippen molar-refractivity contribution >= 4 is 39.7 Å². The number of thiazole rings is 1. The average Bonchev–Trinajstić information content (AvgIpc) is 3.08. The van der Waals surface area contributed by atoms with Crippen LogP contribution >= 0.6 is 22.9 Å². The van der Waals surface area contributed by atoms with Gasteiger partial charge in [0.15, 0.2) is 5.13 Å². The number of hydrogen-bond acceptors (Lipinski definition) is 4. The average molecular weight is 372 g/mol. The second-order valence-corrected chi connectivity index (χ2v) is 6.82. The molecule has 2 N–H and O–H groups in total. The molecule has 0 saturated heterocycles. The maximum Gasteiger partial charge on any atom is 0.271 e. The van der Waals surface area contributed by atoms with E-state index in [1.54, 1.807) is 11.4 Å². The Morgan fingerprint density at radius 3 is 2.76 bits per heavy atom. The van der Waals surface area contributed by atoms with Gasteiger partial charge >= 0.3 is 0 Å². The summed E-state index contributed by atoms with van der Waals surface area (Å²) in [6.45, 7) is 2.53. The Morgan fingerprint density at radius 1 is 1.16 bits per heavy atom. The number of aryl methyl sites for hydroxylation is 1. The summed E-state index contributed by atoms with van der Waals surface area (Å²) in [6, 6.07) is 15.6. The van der Waals surface area contributed by atoms with Crippen LogP contribution in [0.4, 0.5) is 10.8 Å². The molecule has 4 nitrogen and oxygen atoms in total. The van der Waals surface area contributed by atoms with E-state index in [9.17, 15) is 4.79 Å². The van der Waals surface area contributed by atoms with Crippen LogP contribution in [-0.2, 0) is 13.0 Å². The number of carbonyl (C=O) groups excluding carboxylic acids is 1. The molecule has 0 saturated carbocycles. The number of nitrogens with one attached hydrogen (secondary N) is 2. The molecule has 3 aromatic rings. The number of aromatic nitrogens is 1. The van der Waals surface area contributed by atoms with E-state index in [1.807, 2.05) is 30.3 Å². The monoisotopic (exact) mass is 371 g/mol. The minimum absolute atomic E-state index is 0.202. The van der Waals surface area contributed by atoms with Crippen molar-refractivity contribution in [2.45, 2.75) is 19.9 Å². The van der Waals surface area contributed by atoms with Crippen molar-refractivity contribution in [3.8, 4) is 0 Å². The number of halogens is 1. The molecule has 0 fully saturated rings. The highest BCUT2D eigenvalue weighted by atomic mass is 35.5. The van der Waals surface area contributed by atoms with Gasteiger partial charge in [0.1, 0.15) is 5.69 Å². The molecule has 0 aliphatic carbocycles. The second kappa shape index (κ2) is 8.14. The lowest BCUT2D eigenvalue weighted by Crippen LogP contribution is -2.23. The molecule has 1 aromatic heterocycles. The van der Waals surface area contributed by atoms with Gasteiger partial charge in [-0.05, 0) is 41.8 Å². The molecule has 25 heavy (non-hydrogen) atoms. The van der Waals surface area contributed by atoms with Gasteiger partial charge in [0.25, 0.3) is 5.91 Å². The number of benzene rings is 2. The smallest absolute Gasteiger partial charge is 0.271 e. The predicted octanol–water partition coefficient (Wildman–Crippen LogP) is 5.03. The first-order valence-corrected chi connectivity index (χ1v) is 9.24. The van der Waals surface area contributed by atoms with Crippen LogP contribution < -0.4 is 10.6 Å². The summed E-state index contributed by atoms with van der Waals surface area (Å²) in [5, 5.41) is 9.20. The van der Waals surface area contributed by atoms with Crippen LogP contribution in [0.3, 0.4) is 0 Å². The molecule has 128 valence electrons. The number of nitrogens with zero attached hydrogens (tertiary/aromatic N) is 1. The third kappa shape index (κ3) is 4.81. The van der Waals surface area contributed by atoms with Crippen molar-refractivity contribution in [2.24, 2.45) is 0 Å². The molecular weight excluding hydrogens is 354 g/mol. The van der Waals surface area contributed by atoms with E-state index < -0.39 is 0 Å². The van der Waals surface area contributed by atoms with E-state index in [2.05, 4.69) is 34.7 Å². The Bertz CT molecular complexity index is 878. The fourth-order valence-electron chi connectivity index (χ4n) is 2.35. The minimum Gasteiger partial charge on any atom is -0.347 e. The maximum absolute atomic E-state index is 12.2. The van der Waals surface area contributed by atoms with Crippen molar-refractivity contribution in [2.75, 3.05) is 5.32 Å². The van der Waals surface area contributed by atoms with Crippen LogP contribution in [0.2, 0.25) is 5.02 Å². The van der Waals surface area contributed by atoms with Crippen LogP contribution in [0.1, 0.15) is 28.5 Å². The Hall–Kier alpha value is -2.37. The molecule has 0 spiro atoms. The van der Waals surface area contributed by atoms with Crippen LogP contribution in [0.5, 0.6) is 0 Å². The molecule has 0 aliphatic rings. The summed E-state index contributed by atoms with van der Waals surface area (Å²) in [4.78, 5) is 16.6. The van der Waals surface area contributed by atoms with Gasteiger partial charge in [-0.2, -0.15) is 0 Å². The molecule has 0 aliphatic heterocycles. The maximum atomic E-state index is 12.2. The summed E-state index contributed by atoms with van der Waals surface area (Å²) in [7, 11) is 0. The Balaban J connectivity index is 1.61. The third-order valence-corrected chi connectivity index (χ3v) is 4.66. The van der Waals surface area contributed by atoms with E-state index in [4.69, 9.17) is 11.6 Å². The Kier molecular flexibility index (Phi) is 5.68. The summed E-state index contributed by atoms with van der Waals surface area (Å²) in [6.07, 6.45) is 0.977. The summed E-state index contributed by atoms with van der Waals surface area (Å²) < 4.78 is 0. The zero-order chi connectivity index (χ0) is 17.6. The highest BCUT2D eigenvalue weighted by molar-refractivity contribution is 7.14. The normalized spacial score (nSPS) is 10.5. The van der Waals surface area contributed by atoms with E-state index in [1.165, 1.54) is 16.9 Å². The summed E-state index contributed by atoms with van der Waals surface area (Å²) in [5.41, 5.74) is 3.58. The van der Waals surface area contributed by atoms with Crippen molar-refractivity contribution in [1.82, 2.24) is 10.3 Å². The fourth-order valence-corrected chi connectivity index (χ4v) is 3.27. The van der Waals surface area contributed by atoms with Gasteiger partial charge in [0, 0.05) is 22.6 Å². The lowest BCUT2D eigenvalue weighted by Gasteiger charge is -2.05. The zero-order valence-electron chi connectivity index (χ0n) is 13.8. The van der Waals surface area contributed by atoms with Crippen LogP contribution in [0.15, 0.2) is 53.9 Å². The SMILES string of the molecule is CCc1cccc(Nc2nc(C(=O)NCc3cccc(Cl)c3)cs2)c1. The van der Waals surface area contributed by atoms with Gasteiger partial charge < -0.3 is 10.6 Å². The lowest BCUT2D eigenvalue weighted by molar-refractivity contribution is 0.0946. The molecule has 0 bridgehead atoms. The Labute approximate surface area is 155 Å². The zero-order valence-corrected chi connectivity index (χ0v) is 15.3. The molecular formula is C19H18ClN3OS. The number of hydrogen-bond donors (Lipinski definition) is 2. The van der Waals surface area contributed by atoms with Crippen LogP contribution in [-0.4, -0.2) is 10.9 Å². The van der Waals surface area contributed by atoms with E-state index >= 15 is 0 Å². The molecule has 1 amide bonds. The van der Waals surface area contributed by atoms with Gasteiger partial charge in [0.2, 0.25) is 0 Å². The first-order chi connectivity index (χ1) is 12.1. The van der Waals surface area contributed by atoms with Gasteiger partial charge in [-0.3, -0.25) is 4.79 Å². The highest BCUT2D eigenvalue weighted by Crippen LogP contribution is 2.22. The number of rotatable bonds is 6. The number of anilines is 2. The molecule has 1 heterocycles. The molecule has 0 atom stereocenters. The number of amides is 1. The largest absolute Gasteiger partial charge is 0.347 e. The van der Waals surface area contributed by atoms with Gasteiger partial charge in [-0.25, -0.2) is 4.98 Å². The van der Waals surface area contributed by atoms with Gasteiger partial charge in [0.05, 0.1) is 0 Å². The Morgan fingerprint density at radius 2 is 1.96 bits per heavy atom. The topological polar surface area (TPSA) is 54.0 Å². The number of carbonyl (C=O) groups is 1. The minimum atomic E-state index is -0.202. The fraction of sp³-hybridized carbons (Fsp3) is 0.158. The molecule has 3 rings (SSSR count). The van der Waals surface area contributed by atoms with Crippen molar-refractivity contribution in [3.63, 3.8) is 0 Å². The van der Waals surface area contributed by atoms with E-state index in [0.717, 1.165) is 17.7 Å². The standard InChI is InChI=1S/C19H18ClN3OS/c1-2-13-5-4-8-16(10-13)22-19-23-17(12-25-19)18(24)21-11-14-6-3-7-15(20)9-14/h3-10,12H,2,11H2,1H3,(H,21,24)(H,22,23). The molecule has 6 heteroatoms. The van der Waals surface area contributed by atoms with Crippen LogP contribution in [0.25, 0.3) is 0 Å². The quantitative estimate of drug-likeness (QED) is 0.638. The lowest BCUT2D eigenvalue weighted by atomic mass is 10.1. The van der Waals surface area contributed by atoms with Gasteiger partial charge in [-0.15, -0.1) is 11.3 Å².